The highest BCUT2D eigenvalue weighted by Gasteiger charge is 2.22. The first-order valence-corrected chi connectivity index (χ1v) is 7.52. The number of benzene rings is 1. The molecule has 0 aliphatic heterocycles. The molecule has 1 atom stereocenters. The third-order valence-corrected chi connectivity index (χ3v) is 3.57. The molecule has 0 bridgehead atoms. The maximum atomic E-state index is 12.1. The minimum Gasteiger partial charge on any atom is -0.495 e. The van der Waals surface area contributed by atoms with Crippen molar-refractivity contribution in [2.75, 3.05) is 33.1 Å². The van der Waals surface area contributed by atoms with Gasteiger partial charge in [0.25, 0.3) is 0 Å². The number of nitrogens with zero attached hydrogens (tertiary/aromatic N) is 1. The summed E-state index contributed by atoms with van der Waals surface area (Å²) in [5.74, 6) is -0.386. The van der Waals surface area contributed by atoms with E-state index in [1.54, 1.807) is 32.2 Å². The zero-order chi connectivity index (χ0) is 18.3. The SMILES string of the molecule is CNC(=O)NC(=O)[C@@H](C)N(C)CC(=O)Nc1cc(Cl)ccc1OC. The van der Waals surface area contributed by atoms with Gasteiger partial charge in [-0.25, -0.2) is 4.79 Å². The average molecular weight is 357 g/mol. The minimum absolute atomic E-state index is 0.0575. The monoisotopic (exact) mass is 356 g/mol. The van der Waals surface area contributed by atoms with Crippen LogP contribution in [0.2, 0.25) is 5.02 Å². The molecule has 1 aromatic carbocycles. The molecule has 0 aromatic heterocycles. The number of hydrogen-bond acceptors (Lipinski definition) is 5. The number of urea groups is 1. The molecule has 0 unspecified atom stereocenters. The van der Waals surface area contributed by atoms with Gasteiger partial charge in [0, 0.05) is 12.1 Å². The zero-order valence-electron chi connectivity index (χ0n) is 14.0. The number of ether oxygens (including phenoxy) is 1. The number of likely N-dealkylation sites (N-methyl/N-ethyl adjacent to an activating group) is 1. The molecule has 0 aliphatic carbocycles. The highest BCUT2D eigenvalue weighted by Crippen LogP contribution is 2.27. The highest BCUT2D eigenvalue weighted by molar-refractivity contribution is 6.31. The van der Waals surface area contributed by atoms with Gasteiger partial charge in [-0.2, -0.15) is 0 Å². The second-order valence-corrected chi connectivity index (χ2v) is 5.49. The molecule has 4 amide bonds. The van der Waals surface area contributed by atoms with Crippen molar-refractivity contribution in [3.63, 3.8) is 0 Å². The first-order valence-electron chi connectivity index (χ1n) is 7.14. The number of methoxy groups -OCH3 is 1. The van der Waals surface area contributed by atoms with Gasteiger partial charge < -0.3 is 15.4 Å². The number of hydrogen-bond donors (Lipinski definition) is 3. The fourth-order valence-corrected chi connectivity index (χ4v) is 1.98. The summed E-state index contributed by atoms with van der Waals surface area (Å²) < 4.78 is 5.15. The number of imide groups is 1. The fourth-order valence-electron chi connectivity index (χ4n) is 1.81. The van der Waals surface area contributed by atoms with Gasteiger partial charge in [0.15, 0.2) is 0 Å². The van der Waals surface area contributed by atoms with Crippen LogP contribution in [-0.4, -0.2) is 56.5 Å². The molecule has 9 heteroatoms. The van der Waals surface area contributed by atoms with Crippen LogP contribution in [0.4, 0.5) is 10.5 Å². The summed E-state index contributed by atoms with van der Waals surface area (Å²) >= 11 is 5.91. The number of anilines is 1. The van der Waals surface area contributed by atoms with Gasteiger partial charge in [-0.05, 0) is 32.2 Å². The topological polar surface area (TPSA) is 99.8 Å². The Balaban J connectivity index is 2.65. The Labute approximate surface area is 145 Å². The first kappa shape index (κ1) is 19.7. The largest absolute Gasteiger partial charge is 0.495 e. The quantitative estimate of drug-likeness (QED) is 0.707. The Bertz CT molecular complexity index is 623. The number of rotatable bonds is 6. The average Bonchev–Trinajstić information content (AvgIpc) is 2.53. The Kier molecular flexibility index (Phi) is 7.47. The van der Waals surface area contributed by atoms with Crippen LogP contribution in [0.5, 0.6) is 5.75 Å². The zero-order valence-corrected chi connectivity index (χ0v) is 14.7. The Morgan fingerprint density at radius 1 is 1.33 bits per heavy atom. The summed E-state index contributed by atoms with van der Waals surface area (Å²) in [7, 11) is 4.49. The molecule has 0 spiro atoms. The molecule has 0 heterocycles. The number of halogens is 1. The Morgan fingerprint density at radius 2 is 2.00 bits per heavy atom. The smallest absolute Gasteiger partial charge is 0.321 e. The predicted molar refractivity (Wildman–Crippen MR) is 91.3 cm³/mol. The third-order valence-electron chi connectivity index (χ3n) is 3.33. The summed E-state index contributed by atoms with van der Waals surface area (Å²) in [6.07, 6.45) is 0. The van der Waals surface area contributed by atoms with E-state index in [1.807, 2.05) is 0 Å². The summed E-state index contributed by atoms with van der Waals surface area (Å²) in [5, 5.41) is 7.58. The maximum Gasteiger partial charge on any atom is 0.321 e. The molecule has 132 valence electrons. The van der Waals surface area contributed by atoms with Gasteiger partial charge in [0.2, 0.25) is 11.8 Å². The van der Waals surface area contributed by atoms with Crippen molar-refractivity contribution in [3.8, 4) is 5.75 Å². The molecule has 8 nitrogen and oxygen atoms in total. The van der Waals surface area contributed by atoms with Crippen LogP contribution in [0.1, 0.15) is 6.92 Å². The lowest BCUT2D eigenvalue weighted by Crippen LogP contribution is -2.49. The van der Waals surface area contributed by atoms with Crippen LogP contribution >= 0.6 is 11.6 Å². The molecular weight excluding hydrogens is 336 g/mol. The van der Waals surface area contributed by atoms with Crippen LogP contribution in [-0.2, 0) is 9.59 Å². The predicted octanol–water partition coefficient (Wildman–Crippen LogP) is 1.06. The van der Waals surface area contributed by atoms with Gasteiger partial charge in [-0.15, -0.1) is 0 Å². The lowest BCUT2D eigenvalue weighted by atomic mass is 10.2. The first-order chi connectivity index (χ1) is 11.3. The van der Waals surface area contributed by atoms with Crippen molar-refractivity contribution in [2.24, 2.45) is 0 Å². The molecule has 0 saturated heterocycles. The van der Waals surface area contributed by atoms with Gasteiger partial charge in [-0.3, -0.25) is 19.8 Å². The van der Waals surface area contributed by atoms with E-state index in [9.17, 15) is 14.4 Å². The normalized spacial score (nSPS) is 11.6. The fraction of sp³-hybridized carbons (Fsp3) is 0.400. The van der Waals surface area contributed by atoms with Gasteiger partial charge in [0.05, 0.1) is 25.4 Å². The van der Waals surface area contributed by atoms with Crippen LogP contribution in [0, 0.1) is 0 Å². The molecule has 1 rings (SSSR count). The van der Waals surface area contributed by atoms with Crippen LogP contribution < -0.4 is 20.7 Å². The van der Waals surface area contributed by atoms with Crippen LogP contribution in [0.3, 0.4) is 0 Å². The van der Waals surface area contributed by atoms with Gasteiger partial charge in [0.1, 0.15) is 5.75 Å². The lowest BCUT2D eigenvalue weighted by molar-refractivity contribution is -0.125. The molecule has 24 heavy (non-hydrogen) atoms. The minimum atomic E-state index is -0.672. The summed E-state index contributed by atoms with van der Waals surface area (Å²) in [6, 6.07) is 3.58. The van der Waals surface area contributed by atoms with E-state index in [2.05, 4.69) is 16.0 Å². The summed E-state index contributed by atoms with van der Waals surface area (Å²) in [6.45, 7) is 1.53. The summed E-state index contributed by atoms with van der Waals surface area (Å²) in [5.41, 5.74) is 0.436. The van der Waals surface area contributed by atoms with E-state index < -0.39 is 18.0 Å². The Morgan fingerprint density at radius 3 is 2.58 bits per heavy atom. The van der Waals surface area contributed by atoms with Crippen LogP contribution in [0.25, 0.3) is 0 Å². The number of carbonyl (C=O) groups excluding carboxylic acids is 3. The Hall–Kier alpha value is -2.32. The maximum absolute atomic E-state index is 12.1. The second kappa shape index (κ2) is 9.09. The number of nitrogens with one attached hydrogen (secondary N) is 3. The van der Waals surface area contributed by atoms with E-state index in [0.29, 0.717) is 16.5 Å². The van der Waals surface area contributed by atoms with Crippen LogP contribution in [0.15, 0.2) is 18.2 Å². The molecule has 0 radical (unpaired) electrons. The molecule has 0 saturated carbocycles. The van der Waals surface area contributed by atoms with E-state index >= 15 is 0 Å². The lowest BCUT2D eigenvalue weighted by Gasteiger charge is -2.23. The molecular formula is C15H21ClN4O4. The number of carbonyl (C=O) groups is 3. The standard InChI is InChI=1S/C15H21ClN4O4/c1-9(14(22)19-15(23)17-2)20(3)8-13(21)18-11-7-10(16)5-6-12(11)24-4/h5-7,9H,8H2,1-4H3,(H,18,21)(H2,17,19,22,23)/t9-/m1/s1. The van der Waals surface area contributed by atoms with Gasteiger partial charge in [-0.1, -0.05) is 11.6 Å². The number of amides is 4. The van der Waals surface area contributed by atoms with Crippen molar-refractivity contribution >= 4 is 35.1 Å². The molecule has 1 aromatic rings. The van der Waals surface area contributed by atoms with E-state index in [4.69, 9.17) is 16.3 Å². The van der Waals surface area contributed by atoms with Crippen molar-refractivity contribution in [3.05, 3.63) is 23.2 Å². The molecule has 0 aliphatic rings. The van der Waals surface area contributed by atoms with E-state index in [0.717, 1.165) is 0 Å². The van der Waals surface area contributed by atoms with Gasteiger partial charge >= 0.3 is 6.03 Å². The van der Waals surface area contributed by atoms with E-state index in [-0.39, 0.29) is 12.5 Å². The van der Waals surface area contributed by atoms with Crippen molar-refractivity contribution in [1.82, 2.24) is 15.5 Å². The van der Waals surface area contributed by atoms with E-state index in [1.165, 1.54) is 19.1 Å². The molecule has 0 fully saturated rings. The highest BCUT2D eigenvalue weighted by atomic mass is 35.5. The third kappa shape index (κ3) is 5.71. The second-order valence-electron chi connectivity index (χ2n) is 5.05. The van der Waals surface area contributed by atoms with Crippen molar-refractivity contribution in [2.45, 2.75) is 13.0 Å². The summed E-state index contributed by atoms with van der Waals surface area (Å²) in [4.78, 5) is 36.7. The van der Waals surface area contributed by atoms with Crippen molar-refractivity contribution in [1.29, 1.82) is 0 Å². The van der Waals surface area contributed by atoms with Crippen molar-refractivity contribution < 1.29 is 19.1 Å². The molecule has 3 N–H and O–H groups in total.